The van der Waals surface area contributed by atoms with Crippen LogP contribution in [0.4, 0.5) is 0 Å². The summed E-state index contributed by atoms with van der Waals surface area (Å²) in [6.45, 7) is 3.74. The highest BCUT2D eigenvalue weighted by molar-refractivity contribution is 5.77. The van der Waals surface area contributed by atoms with Crippen molar-refractivity contribution >= 4 is 12.3 Å². The van der Waals surface area contributed by atoms with Crippen LogP contribution in [0.5, 0.6) is 0 Å². The zero-order chi connectivity index (χ0) is 22.6. The van der Waals surface area contributed by atoms with E-state index in [1.165, 1.54) is 0 Å². The number of carbonyl (C=O) groups is 2. The number of benzene rings is 3. The van der Waals surface area contributed by atoms with E-state index in [1.54, 1.807) is 6.07 Å². The molecule has 3 aromatic rings. The Balaban J connectivity index is 1.91. The van der Waals surface area contributed by atoms with E-state index in [4.69, 9.17) is 4.74 Å². The molecule has 0 fully saturated rings. The van der Waals surface area contributed by atoms with Gasteiger partial charge in [0, 0.05) is 18.7 Å². The van der Waals surface area contributed by atoms with Crippen molar-refractivity contribution in [3.63, 3.8) is 0 Å². The Hall–Kier alpha value is -3.24. The van der Waals surface area contributed by atoms with Gasteiger partial charge in [-0.25, -0.2) is 0 Å². The summed E-state index contributed by atoms with van der Waals surface area (Å²) < 4.78 is 5.68. The van der Waals surface area contributed by atoms with Gasteiger partial charge in [-0.2, -0.15) is 0 Å². The molecule has 0 bridgehead atoms. The predicted molar refractivity (Wildman–Crippen MR) is 127 cm³/mol. The van der Waals surface area contributed by atoms with Crippen LogP contribution in [0.3, 0.4) is 0 Å². The molecule has 0 amide bonds. The van der Waals surface area contributed by atoms with Crippen molar-refractivity contribution in [3.05, 3.63) is 107 Å². The molecular formula is C28H31NO3. The first-order chi connectivity index (χ1) is 15.7. The molecule has 4 nitrogen and oxygen atoms in total. The lowest BCUT2D eigenvalue weighted by Crippen LogP contribution is -2.43. The van der Waals surface area contributed by atoms with Crippen LogP contribution in [0, 0.1) is 0 Å². The molecule has 0 aliphatic heterocycles. The first-order valence-electron chi connectivity index (χ1n) is 11.2. The summed E-state index contributed by atoms with van der Waals surface area (Å²) in [5, 5.41) is 0. The quantitative estimate of drug-likeness (QED) is 0.218. The van der Waals surface area contributed by atoms with Crippen LogP contribution in [0.2, 0.25) is 0 Å². The molecule has 0 aliphatic rings. The summed E-state index contributed by atoms with van der Waals surface area (Å²) in [6.07, 6.45) is 3.13. The fraction of sp³-hybridized carbons (Fsp3) is 0.286. The Morgan fingerprint density at radius 1 is 0.875 bits per heavy atom. The normalized spacial score (nSPS) is 11.8. The largest absolute Gasteiger partial charge is 0.465 e. The van der Waals surface area contributed by atoms with E-state index in [9.17, 15) is 9.59 Å². The van der Waals surface area contributed by atoms with Crippen LogP contribution in [0.15, 0.2) is 84.9 Å². The SMILES string of the molecule is CCCCOC(=O)C(Cc1cccc(C=O)c1)N(Cc1ccccc1)Cc1ccccc1. The van der Waals surface area contributed by atoms with E-state index in [-0.39, 0.29) is 5.97 Å². The average molecular weight is 430 g/mol. The molecule has 4 heteroatoms. The highest BCUT2D eigenvalue weighted by Crippen LogP contribution is 2.19. The van der Waals surface area contributed by atoms with Crippen LogP contribution >= 0.6 is 0 Å². The summed E-state index contributed by atoms with van der Waals surface area (Å²) >= 11 is 0. The van der Waals surface area contributed by atoms with Crippen molar-refractivity contribution in [2.75, 3.05) is 6.61 Å². The summed E-state index contributed by atoms with van der Waals surface area (Å²) in [6, 6.07) is 27.3. The lowest BCUT2D eigenvalue weighted by Gasteiger charge is -2.31. The molecule has 0 spiro atoms. The first kappa shape index (κ1) is 23.4. The summed E-state index contributed by atoms with van der Waals surface area (Å²) in [7, 11) is 0. The molecule has 32 heavy (non-hydrogen) atoms. The maximum Gasteiger partial charge on any atom is 0.323 e. The Morgan fingerprint density at radius 2 is 1.47 bits per heavy atom. The lowest BCUT2D eigenvalue weighted by molar-refractivity contribution is -0.150. The molecule has 1 unspecified atom stereocenters. The van der Waals surface area contributed by atoms with Gasteiger partial charge in [0.05, 0.1) is 6.61 Å². The Morgan fingerprint density at radius 3 is 2.03 bits per heavy atom. The topological polar surface area (TPSA) is 46.6 Å². The third-order valence-electron chi connectivity index (χ3n) is 5.43. The molecule has 0 saturated carbocycles. The predicted octanol–water partition coefficient (Wildman–Crippen LogP) is 5.46. The van der Waals surface area contributed by atoms with Gasteiger partial charge in [0.2, 0.25) is 0 Å². The minimum Gasteiger partial charge on any atom is -0.465 e. The molecule has 0 aromatic heterocycles. The Bertz CT molecular complexity index is 931. The third-order valence-corrected chi connectivity index (χ3v) is 5.43. The van der Waals surface area contributed by atoms with Crippen molar-refractivity contribution in [1.82, 2.24) is 4.90 Å². The summed E-state index contributed by atoms with van der Waals surface area (Å²) in [5.74, 6) is -0.221. The second-order valence-electron chi connectivity index (χ2n) is 7.98. The maximum atomic E-state index is 13.3. The smallest absolute Gasteiger partial charge is 0.323 e. The molecule has 0 radical (unpaired) electrons. The standard InChI is InChI=1S/C28H31NO3/c1-2-3-17-32-28(31)27(19-25-15-10-16-26(18-25)22-30)29(20-23-11-6-4-7-12-23)21-24-13-8-5-9-14-24/h4-16,18,22,27H,2-3,17,19-21H2,1H3. The van der Waals surface area contributed by atoms with Crippen molar-refractivity contribution in [3.8, 4) is 0 Å². The number of esters is 1. The second kappa shape index (κ2) is 12.6. The molecule has 1 atom stereocenters. The Labute approximate surface area is 190 Å². The van der Waals surface area contributed by atoms with E-state index < -0.39 is 6.04 Å². The molecule has 166 valence electrons. The van der Waals surface area contributed by atoms with Gasteiger partial charge in [0.15, 0.2) is 0 Å². The van der Waals surface area contributed by atoms with Gasteiger partial charge in [-0.15, -0.1) is 0 Å². The minimum absolute atomic E-state index is 0.221. The van der Waals surface area contributed by atoms with Gasteiger partial charge in [-0.05, 0) is 35.6 Å². The number of nitrogens with zero attached hydrogens (tertiary/aromatic N) is 1. The number of unbranched alkanes of at least 4 members (excludes halogenated alkanes) is 1. The van der Waals surface area contributed by atoms with Crippen molar-refractivity contribution in [2.24, 2.45) is 0 Å². The highest BCUT2D eigenvalue weighted by atomic mass is 16.5. The van der Waals surface area contributed by atoms with E-state index in [0.29, 0.717) is 31.7 Å². The fourth-order valence-corrected chi connectivity index (χ4v) is 3.70. The van der Waals surface area contributed by atoms with E-state index >= 15 is 0 Å². The van der Waals surface area contributed by atoms with Crippen molar-refractivity contribution in [2.45, 2.75) is 45.3 Å². The number of hydrogen-bond donors (Lipinski definition) is 0. The van der Waals surface area contributed by atoms with Crippen LogP contribution in [0.1, 0.15) is 46.8 Å². The van der Waals surface area contributed by atoms with Crippen LogP contribution in [0.25, 0.3) is 0 Å². The number of carbonyl (C=O) groups excluding carboxylic acids is 2. The lowest BCUT2D eigenvalue weighted by atomic mass is 10.0. The molecule has 0 aliphatic carbocycles. The fourth-order valence-electron chi connectivity index (χ4n) is 3.70. The van der Waals surface area contributed by atoms with Gasteiger partial charge in [0.25, 0.3) is 0 Å². The average Bonchev–Trinajstić information content (AvgIpc) is 2.83. The Kier molecular flexibility index (Phi) is 9.20. The van der Waals surface area contributed by atoms with E-state index in [1.807, 2.05) is 54.6 Å². The van der Waals surface area contributed by atoms with Crippen LogP contribution in [-0.2, 0) is 29.0 Å². The zero-order valence-electron chi connectivity index (χ0n) is 18.7. The second-order valence-corrected chi connectivity index (χ2v) is 7.98. The molecule has 3 rings (SSSR count). The highest BCUT2D eigenvalue weighted by Gasteiger charge is 2.28. The van der Waals surface area contributed by atoms with Crippen molar-refractivity contribution in [1.29, 1.82) is 0 Å². The number of hydrogen-bond acceptors (Lipinski definition) is 4. The number of aldehydes is 1. The first-order valence-corrected chi connectivity index (χ1v) is 11.2. The number of ether oxygens (including phenoxy) is 1. The van der Waals surface area contributed by atoms with Crippen molar-refractivity contribution < 1.29 is 14.3 Å². The maximum absolute atomic E-state index is 13.3. The number of rotatable bonds is 12. The van der Waals surface area contributed by atoms with Gasteiger partial charge >= 0.3 is 5.97 Å². The molecule has 3 aromatic carbocycles. The van der Waals surface area contributed by atoms with Crippen LogP contribution < -0.4 is 0 Å². The van der Waals surface area contributed by atoms with E-state index in [2.05, 4.69) is 36.1 Å². The molecular weight excluding hydrogens is 398 g/mol. The van der Waals surface area contributed by atoms with Gasteiger partial charge < -0.3 is 4.74 Å². The molecule has 0 saturated heterocycles. The van der Waals surface area contributed by atoms with E-state index in [0.717, 1.165) is 35.8 Å². The summed E-state index contributed by atoms with van der Waals surface area (Å²) in [5.41, 5.74) is 3.82. The minimum atomic E-state index is -0.464. The van der Waals surface area contributed by atoms with Gasteiger partial charge in [-0.1, -0.05) is 92.2 Å². The van der Waals surface area contributed by atoms with Gasteiger partial charge in [-0.3, -0.25) is 14.5 Å². The molecule has 0 N–H and O–H groups in total. The summed E-state index contributed by atoms with van der Waals surface area (Å²) in [4.78, 5) is 26.7. The monoisotopic (exact) mass is 429 g/mol. The third kappa shape index (κ3) is 7.17. The van der Waals surface area contributed by atoms with Gasteiger partial charge in [0.1, 0.15) is 12.3 Å². The zero-order valence-corrected chi connectivity index (χ0v) is 18.7. The molecule has 0 heterocycles. The van der Waals surface area contributed by atoms with Crippen LogP contribution in [-0.4, -0.2) is 29.8 Å².